The summed E-state index contributed by atoms with van der Waals surface area (Å²) in [4.78, 5) is 0. The van der Waals surface area contributed by atoms with Crippen LogP contribution in [0.3, 0.4) is 0 Å². The van der Waals surface area contributed by atoms with E-state index in [4.69, 9.17) is 4.74 Å². The van der Waals surface area contributed by atoms with Gasteiger partial charge in [0.25, 0.3) is 0 Å². The molecule has 3 heteroatoms. The molecule has 1 aliphatic carbocycles. The highest BCUT2D eigenvalue weighted by atomic mass is 32.1. The molecule has 1 fully saturated rings. The van der Waals surface area contributed by atoms with Crippen LogP contribution in [0, 0.1) is 18.2 Å². The van der Waals surface area contributed by atoms with E-state index in [1.54, 1.807) is 6.07 Å². The number of benzene rings is 1. The van der Waals surface area contributed by atoms with Crippen LogP contribution in [-0.4, -0.2) is 12.4 Å². The van der Waals surface area contributed by atoms with Crippen molar-refractivity contribution in [2.75, 3.05) is 12.4 Å². The van der Waals surface area contributed by atoms with E-state index >= 15 is 0 Å². The third kappa shape index (κ3) is 2.34. The van der Waals surface area contributed by atoms with E-state index in [1.165, 1.54) is 31.4 Å². The lowest BCUT2D eigenvalue weighted by Crippen LogP contribution is -2.37. The van der Waals surface area contributed by atoms with Gasteiger partial charge in [0.2, 0.25) is 0 Å². The van der Waals surface area contributed by atoms with Gasteiger partial charge in [0.05, 0.1) is 6.61 Å². The van der Waals surface area contributed by atoms with Gasteiger partial charge in [-0.05, 0) is 49.3 Å². The monoisotopic (exact) mass is 240 g/mol. The van der Waals surface area contributed by atoms with Gasteiger partial charge in [0.1, 0.15) is 11.6 Å². The summed E-state index contributed by atoms with van der Waals surface area (Å²) >= 11 is 4.38. The van der Waals surface area contributed by atoms with Gasteiger partial charge in [-0.15, -0.1) is 0 Å². The molecule has 0 amide bonds. The number of thiol groups is 1. The van der Waals surface area contributed by atoms with E-state index in [0.717, 1.165) is 17.1 Å². The first-order valence-electron chi connectivity index (χ1n) is 5.65. The fourth-order valence-electron chi connectivity index (χ4n) is 2.03. The van der Waals surface area contributed by atoms with Crippen LogP contribution in [0.2, 0.25) is 0 Å². The summed E-state index contributed by atoms with van der Waals surface area (Å²) in [5, 5.41) is 0. The van der Waals surface area contributed by atoms with E-state index in [-0.39, 0.29) is 11.2 Å². The minimum atomic E-state index is -0.211. The highest BCUT2D eigenvalue weighted by Crippen LogP contribution is 2.42. The Hall–Kier alpha value is -0.700. The predicted molar refractivity (Wildman–Crippen MR) is 66.8 cm³/mol. The van der Waals surface area contributed by atoms with Gasteiger partial charge in [-0.1, -0.05) is 6.42 Å². The zero-order chi connectivity index (χ0) is 11.6. The van der Waals surface area contributed by atoms with Crippen molar-refractivity contribution in [3.05, 3.63) is 29.6 Å². The van der Waals surface area contributed by atoms with E-state index in [0.29, 0.717) is 6.61 Å². The summed E-state index contributed by atoms with van der Waals surface area (Å²) in [7, 11) is 0. The number of ether oxygens (including phenoxy) is 1. The summed E-state index contributed by atoms with van der Waals surface area (Å²) < 4.78 is 18.7. The summed E-state index contributed by atoms with van der Waals surface area (Å²) in [6, 6.07) is 4.65. The maximum absolute atomic E-state index is 12.9. The Morgan fingerprint density at radius 2 is 2.19 bits per heavy atom. The number of halogens is 1. The molecule has 1 aliphatic rings. The van der Waals surface area contributed by atoms with Crippen molar-refractivity contribution in [2.24, 2.45) is 5.41 Å². The Kier molecular flexibility index (Phi) is 3.43. The molecule has 1 aromatic rings. The Labute approximate surface area is 101 Å². The molecule has 0 aliphatic heterocycles. The molecule has 2 rings (SSSR count). The van der Waals surface area contributed by atoms with Crippen molar-refractivity contribution in [3.63, 3.8) is 0 Å². The summed E-state index contributed by atoms with van der Waals surface area (Å²) in [5.41, 5.74) is 1.11. The molecule has 1 saturated carbocycles. The standard InChI is InChI=1S/C13H17FOS/c1-10-7-11(14)3-4-12(10)15-8-13(9-16)5-2-6-13/h3-4,7,16H,2,5-6,8-9H2,1H3. The average molecular weight is 240 g/mol. The van der Waals surface area contributed by atoms with Crippen molar-refractivity contribution in [1.82, 2.24) is 0 Å². The molecule has 0 saturated heterocycles. The first-order chi connectivity index (χ1) is 7.65. The molecule has 1 nitrogen and oxygen atoms in total. The summed E-state index contributed by atoms with van der Waals surface area (Å²) in [6.45, 7) is 2.57. The van der Waals surface area contributed by atoms with E-state index in [9.17, 15) is 4.39 Å². The molecule has 0 heterocycles. The Morgan fingerprint density at radius 1 is 1.44 bits per heavy atom. The van der Waals surface area contributed by atoms with Crippen molar-refractivity contribution in [2.45, 2.75) is 26.2 Å². The van der Waals surface area contributed by atoms with E-state index in [2.05, 4.69) is 12.6 Å². The fourth-order valence-corrected chi connectivity index (χ4v) is 2.44. The Bertz CT molecular complexity index is 369. The smallest absolute Gasteiger partial charge is 0.123 e. The van der Waals surface area contributed by atoms with Crippen LogP contribution in [0.25, 0.3) is 0 Å². The molecule has 0 bridgehead atoms. The largest absolute Gasteiger partial charge is 0.493 e. The van der Waals surface area contributed by atoms with Gasteiger partial charge in [-0.2, -0.15) is 12.6 Å². The molecule has 0 spiro atoms. The second-order valence-corrected chi connectivity index (χ2v) is 5.03. The van der Waals surface area contributed by atoms with Crippen molar-refractivity contribution in [3.8, 4) is 5.75 Å². The minimum absolute atomic E-state index is 0.211. The molecular weight excluding hydrogens is 223 g/mol. The molecule has 0 atom stereocenters. The zero-order valence-electron chi connectivity index (χ0n) is 9.50. The first-order valence-corrected chi connectivity index (χ1v) is 6.28. The van der Waals surface area contributed by atoms with Crippen LogP contribution < -0.4 is 4.74 Å². The molecular formula is C13H17FOS. The number of hydrogen-bond acceptors (Lipinski definition) is 2. The van der Waals surface area contributed by atoms with Gasteiger partial charge < -0.3 is 4.74 Å². The van der Waals surface area contributed by atoms with Crippen LogP contribution in [0.5, 0.6) is 5.75 Å². The maximum atomic E-state index is 12.9. The Morgan fingerprint density at radius 3 is 2.69 bits per heavy atom. The molecule has 88 valence electrons. The lowest BCUT2D eigenvalue weighted by molar-refractivity contribution is 0.0825. The van der Waals surface area contributed by atoms with Crippen LogP contribution in [0.4, 0.5) is 4.39 Å². The summed E-state index contributed by atoms with van der Waals surface area (Å²) in [6.07, 6.45) is 3.65. The van der Waals surface area contributed by atoms with Crippen molar-refractivity contribution in [1.29, 1.82) is 0 Å². The molecule has 0 aromatic heterocycles. The minimum Gasteiger partial charge on any atom is -0.493 e. The molecule has 1 aromatic carbocycles. The second kappa shape index (κ2) is 4.66. The SMILES string of the molecule is Cc1cc(F)ccc1OCC1(CS)CCC1. The molecule has 0 radical (unpaired) electrons. The fraction of sp³-hybridized carbons (Fsp3) is 0.538. The van der Waals surface area contributed by atoms with E-state index < -0.39 is 0 Å². The van der Waals surface area contributed by atoms with Crippen LogP contribution >= 0.6 is 12.6 Å². The quantitative estimate of drug-likeness (QED) is 0.791. The third-order valence-electron chi connectivity index (χ3n) is 3.42. The predicted octanol–water partition coefficient (Wildman–Crippen LogP) is 3.61. The average Bonchev–Trinajstić information content (AvgIpc) is 2.19. The van der Waals surface area contributed by atoms with Gasteiger partial charge in [-0.3, -0.25) is 0 Å². The zero-order valence-corrected chi connectivity index (χ0v) is 10.4. The number of aryl methyl sites for hydroxylation is 1. The third-order valence-corrected chi connectivity index (χ3v) is 4.09. The van der Waals surface area contributed by atoms with E-state index in [1.807, 2.05) is 6.92 Å². The highest BCUT2D eigenvalue weighted by Gasteiger charge is 2.36. The number of rotatable bonds is 4. The van der Waals surface area contributed by atoms with Crippen molar-refractivity contribution < 1.29 is 9.13 Å². The van der Waals surface area contributed by atoms with Gasteiger partial charge >= 0.3 is 0 Å². The highest BCUT2D eigenvalue weighted by molar-refractivity contribution is 7.80. The van der Waals surface area contributed by atoms with Gasteiger partial charge in [0, 0.05) is 5.41 Å². The molecule has 16 heavy (non-hydrogen) atoms. The molecule has 0 unspecified atom stereocenters. The van der Waals surface area contributed by atoms with Gasteiger partial charge in [-0.25, -0.2) is 4.39 Å². The lowest BCUT2D eigenvalue weighted by atomic mass is 9.71. The van der Waals surface area contributed by atoms with Crippen molar-refractivity contribution >= 4 is 12.6 Å². The van der Waals surface area contributed by atoms with Crippen LogP contribution in [0.15, 0.2) is 18.2 Å². The van der Waals surface area contributed by atoms with Crippen LogP contribution in [-0.2, 0) is 0 Å². The van der Waals surface area contributed by atoms with Gasteiger partial charge in [0.15, 0.2) is 0 Å². The maximum Gasteiger partial charge on any atom is 0.123 e. The summed E-state index contributed by atoms with van der Waals surface area (Å²) in [5.74, 6) is 1.44. The normalized spacial score (nSPS) is 17.9. The van der Waals surface area contributed by atoms with Crippen LogP contribution in [0.1, 0.15) is 24.8 Å². The lowest BCUT2D eigenvalue weighted by Gasteiger charge is -2.40. The molecule has 0 N–H and O–H groups in total. The number of hydrogen-bond donors (Lipinski definition) is 1. The second-order valence-electron chi connectivity index (χ2n) is 4.71. The first kappa shape index (κ1) is 11.8. The Balaban J connectivity index is 1.99. The topological polar surface area (TPSA) is 9.23 Å².